The molecule has 8 nitrogen and oxygen atoms in total. The smallest absolute Gasteiger partial charge is 0.422 e. The van der Waals surface area contributed by atoms with Gasteiger partial charge in [0.25, 0.3) is 0 Å². The zero-order chi connectivity index (χ0) is 27.6. The highest BCUT2D eigenvalue weighted by atomic mass is 32.2. The largest absolute Gasteiger partial charge is 0.468 e. The molecule has 0 spiro atoms. The Kier molecular flexibility index (Phi) is 8.55. The first-order chi connectivity index (χ1) is 17.1. The molecule has 1 saturated heterocycles. The number of rotatable bonds is 8. The molecule has 0 aromatic carbocycles. The summed E-state index contributed by atoms with van der Waals surface area (Å²) in [5.74, 6) is -1.95. The molecule has 0 unspecified atom stereocenters. The zero-order valence-corrected chi connectivity index (χ0v) is 21.8. The molecule has 1 atom stereocenters. The summed E-state index contributed by atoms with van der Waals surface area (Å²) in [7, 11) is -3.09. The van der Waals surface area contributed by atoms with Gasteiger partial charge in [-0.15, -0.1) is 0 Å². The summed E-state index contributed by atoms with van der Waals surface area (Å²) < 4.78 is 80.3. The lowest BCUT2D eigenvalue weighted by atomic mass is 9.82. The molecule has 37 heavy (non-hydrogen) atoms. The van der Waals surface area contributed by atoms with E-state index in [1.54, 1.807) is 0 Å². The van der Waals surface area contributed by atoms with Crippen LogP contribution in [0.25, 0.3) is 0 Å². The average molecular weight is 549 g/mol. The maximum Gasteiger partial charge on any atom is 0.422 e. The van der Waals surface area contributed by atoms with Gasteiger partial charge in [0.05, 0.1) is 23.4 Å². The molecule has 2 heterocycles. The van der Waals surface area contributed by atoms with Crippen LogP contribution in [0.4, 0.5) is 17.6 Å². The van der Waals surface area contributed by atoms with E-state index in [1.807, 2.05) is 20.8 Å². The van der Waals surface area contributed by atoms with Crippen LogP contribution in [-0.4, -0.2) is 60.9 Å². The number of allylic oxidation sites excluding steroid dienone is 2. The van der Waals surface area contributed by atoms with E-state index in [0.717, 1.165) is 12.3 Å². The number of carbonyl (C=O) groups excluding carboxylic acids is 1. The molecule has 0 bridgehead atoms. The normalized spacial score (nSPS) is 21.5. The van der Waals surface area contributed by atoms with Gasteiger partial charge in [-0.3, -0.25) is 10.2 Å². The summed E-state index contributed by atoms with van der Waals surface area (Å²) >= 11 is 0. The van der Waals surface area contributed by atoms with Crippen LogP contribution in [0.15, 0.2) is 23.5 Å². The molecule has 1 fully saturated rings. The lowest BCUT2D eigenvalue weighted by Gasteiger charge is -2.37. The number of nitrogens with one attached hydrogen (secondary N) is 3. The van der Waals surface area contributed by atoms with Crippen LogP contribution in [0.5, 0.6) is 5.88 Å². The van der Waals surface area contributed by atoms with Crippen molar-refractivity contribution in [3.8, 4) is 5.88 Å². The first-order valence-corrected chi connectivity index (χ1v) is 13.8. The SMILES string of the molecule is CC(C)NC1=C(C(=N)c2cc(OCC(F)(F)F)ncc2F)CC[C@@H](C(=O)NC2(C)CCS(=O)(=O)CC2)C1. The maximum absolute atomic E-state index is 14.6. The number of aromatic nitrogens is 1. The Morgan fingerprint density at radius 2 is 1.95 bits per heavy atom. The predicted molar refractivity (Wildman–Crippen MR) is 130 cm³/mol. The van der Waals surface area contributed by atoms with Gasteiger partial charge in [-0.25, -0.2) is 17.8 Å². The van der Waals surface area contributed by atoms with Gasteiger partial charge in [0, 0.05) is 34.8 Å². The van der Waals surface area contributed by atoms with Gasteiger partial charge < -0.3 is 15.4 Å². The molecule has 1 aromatic heterocycles. The minimum Gasteiger partial charge on any atom is -0.468 e. The number of alkyl halides is 3. The molecule has 1 aliphatic carbocycles. The van der Waals surface area contributed by atoms with Gasteiger partial charge in [0.2, 0.25) is 11.8 Å². The summed E-state index contributed by atoms with van der Waals surface area (Å²) in [5.41, 5.74) is -0.0545. The number of halogens is 4. The highest BCUT2D eigenvalue weighted by Crippen LogP contribution is 2.33. The predicted octanol–water partition coefficient (Wildman–Crippen LogP) is 3.67. The summed E-state index contributed by atoms with van der Waals surface area (Å²) in [6.45, 7) is 3.98. The van der Waals surface area contributed by atoms with E-state index in [9.17, 15) is 30.8 Å². The number of nitrogens with zero attached hydrogens (tertiary/aromatic N) is 1. The Bertz CT molecular complexity index is 1170. The first-order valence-electron chi connectivity index (χ1n) is 12.0. The van der Waals surface area contributed by atoms with Crippen LogP contribution in [0.2, 0.25) is 0 Å². The topological polar surface area (TPSA) is 121 Å². The van der Waals surface area contributed by atoms with Crippen molar-refractivity contribution in [2.45, 2.75) is 70.6 Å². The van der Waals surface area contributed by atoms with Crippen molar-refractivity contribution < 1.29 is 35.5 Å². The van der Waals surface area contributed by atoms with E-state index in [0.29, 0.717) is 30.5 Å². The van der Waals surface area contributed by atoms with E-state index < -0.39 is 45.8 Å². The Labute approximate surface area is 213 Å². The lowest BCUT2D eigenvalue weighted by Crippen LogP contribution is -2.53. The number of ether oxygens (including phenoxy) is 1. The van der Waals surface area contributed by atoms with Crippen LogP contribution in [0.1, 0.15) is 58.4 Å². The van der Waals surface area contributed by atoms with E-state index in [4.69, 9.17) is 5.41 Å². The third kappa shape index (κ3) is 7.89. The molecule has 3 N–H and O–H groups in total. The number of hydrogen-bond acceptors (Lipinski definition) is 7. The van der Waals surface area contributed by atoms with E-state index >= 15 is 0 Å². The molecule has 1 aromatic rings. The molecular weight excluding hydrogens is 516 g/mol. The second-order valence-corrected chi connectivity index (χ2v) is 12.5. The van der Waals surface area contributed by atoms with Crippen molar-refractivity contribution in [1.82, 2.24) is 15.6 Å². The highest BCUT2D eigenvalue weighted by Gasteiger charge is 2.37. The fourth-order valence-electron chi connectivity index (χ4n) is 4.46. The van der Waals surface area contributed by atoms with Crippen LogP contribution in [0.3, 0.4) is 0 Å². The number of hydrogen-bond donors (Lipinski definition) is 3. The molecule has 1 aliphatic heterocycles. The summed E-state index contributed by atoms with van der Waals surface area (Å²) in [5, 5.41) is 14.9. The van der Waals surface area contributed by atoms with Crippen LogP contribution >= 0.6 is 0 Å². The monoisotopic (exact) mass is 548 g/mol. The Hall–Kier alpha value is -2.70. The first kappa shape index (κ1) is 28.9. The van der Waals surface area contributed by atoms with Crippen molar-refractivity contribution in [3.63, 3.8) is 0 Å². The molecule has 0 saturated carbocycles. The fourth-order valence-corrected chi connectivity index (χ4v) is 6.18. The van der Waals surface area contributed by atoms with Crippen LogP contribution in [0, 0.1) is 17.1 Å². The summed E-state index contributed by atoms with van der Waals surface area (Å²) in [6.07, 6.45) is -2.34. The Morgan fingerprint density at radius 1 is 1.30 bits per heavy atom. The van der Waals surface area contributed by atoms with Gasteiger partial charge in [0.1, 0.15) is 9.84 Å². The van der Waals surface area contributed by atoms with Crippen LogP contribution in [-0.2, 0) is 14.6 Å². The quantitative estimate of drug-likeness (QED) is 0.337. The van der Waals surface area contributed by atoms with E-state index in [1.165, 1.54) is 0 Å². The summed E-state index contributed by atoms with van der Waals surface area (Å²) in [4.78, 5) is 16.6. The maximum atomic E-state index is 14.6. The van der Waals surface area contributed by atoms with Crippen molar-refractivity contribution in [3.05, 3.63) is 34.9 Å². The third-order valence-corrected chi connectivity index (χ3v) is 8.18. The Morgan fingerprint density at radius 3 is 2.54 bits per heavy atom. The second-order valence-electron chi connectivity index (χ2n) is 10.2. The van der Waals surface area contributed by atoms with Crippen molar-refractivity contribution >= 4 is 21.5 Å². The molecule has 13 heteroatoms. The molecule has 206 valence electrons. The minimum atomic E-state index is -4.59. The zero-order valence-electron chi connectivity index (χ0n) is 21.0. The van der Waals surface area contributed by atoms with Gasteiger partial charge in [-0.2, -0.15) is 13.2 Å². The third-order valence-electron chi connectivity index (χ3n) is 6.53. The second kappa shape index (κ2) is 11.0. The Balaban J connectivity index is 1.80. The van der Waals surface area contributed by atoms with Crippen molar-refractivity contribution in [2.75, 3.05) is 18.1 Å². The van der Waals surface area contributed by atoms with E-state index in [2.05, 4.69) is 20.4 Å². The highest BCUT2D eigenvalue weighted by molar-refractivity contribution is 7.91. The molecule has 1 amide bonds. The lowest BCUT2D eigenvalue weighted by molar-refractivity contribution is -0.154. The fraction of sp³-hybridized carbons (Fsp3) is 0.625. The van der Waals surface area contributed by atoms with Gasteiger partial charge in [0.15, 0.2) is 12.4 Å². The standard InChI is InChI=1S/C24H32F4N4O4S/c1-14(2)31-19-10-15(22(33)32-23(3)6-8-37(34,35)9-7-23)4-5-16(19)21(29)17-11-20(30-12-18(17)25)36-13-24(26,27)28/h11-12,14-15,29,31H,4-10,13H2,1-3H3,(H,32,33)/t15-/m1/s1. The molecule has 0 radical (unpaired) electrons. The molecule has 3 rings (SSSR count). The number of sulfone groups is 1. The number of pyridine rings is 1. The van der Waals surface area contributed by atoms with Gasteiger partial charge in [-0.1, -0.05) is 0 Å². The van der Waals surface area contributed by atoms with Crippen molar-refractivity contribution in [1.29, 1.82) is 5.41 Å². The molecular formula is C24H32F4N4O4S. The molecule has 2 aliphatic rings. The van der Waals surface area contributed by atoms with Crippen LogP contribution < -0.4 is 15.4 Å². The number of carbonyl (C=O) groups is 1. The van der Waals surface area contributed by atoms with Crippen molar-refractivity contribution in [2.24, 2.45) is 5.92 Å². The summed E-state index contributed by atoms with van der Waals surface area (Å²) in [6, 6.07) is 0.911. The van der Waals surface area contributed by atoms with Gasteiger partial charge >= 0.3 is 6.18 Å². The number of amides is 1. The van der Waals surface area contributed by atoms with Gasteiger partial charge in [-0.05, 0) is 58.4 Å². The minimum absolute atomic E-state index is 0.0159. The average Bonchev–Trinajstić information content (AvgIpc) is 2.79. The van der Waals surface area contributed by atoms with E-state index in [-0.39, 0.29) is 47.6 Å².